The van der Waals surface area contributed by atoms with Crippen LogP contribution in [0.15, 0.2) is 65.6 Å². The van der Waals surface area contributed by atoms with Gasteiger partial charge in [0.2, 0.25) is 5.91 Å². The summed E-state index contributed by atoms with van der Waals surface area (Å²) in [5.41, 5.74) is 1.69. The van der Waals surface area contributed by atoms with Crippen LogP contribution in [0.25, 0.3) is 0 Å². The predicted molar refractivity (Wildman–Crippen MR) is 133 cm³/mol. The van der Waals surface area contributed by atoms with Crippen molar-refractivity contribution in [2.75, 3.05) is 11.2 Å². The fourth-order valence-corrected chi connectivity index (χ4v) is 4.52. The number of hydrogen-bond acceptors (Lipinski definition) is 4. The van der Waals surface area contributed by atoms with Crippen LogP contribution in [-0.2, 0) is 23.3 Å². The largest absolute Gasteiger partial charge is 0.350 e. The van der Waals surface area contributed by atoms with Gasteiger partial charge < -0.3 is 5.32 Å². The Morgan fingerprint density at radius 2 is 1.85 bits per heavy atom. The maximum Gasteiger partial charge on any atom is 0.277 e. The Hall–Kier alpha value is -3.06. The van der Waals surface area contributed by atoms with E-state index in [4.69, 9.17) is 5.10 Å². The first-order chi connectivity index (χ1) is 15.6. The number of thioether (sulfide) groups is 1. The van der Waals surface area contributed by atoms with Gasteiger partial charge in [0.05, 0.1) is 12.2 Å². The van der Waals surface area contributed by atoms with E-state index >= 15 is 0 Å². The molecule has 172 valence electrons. The van der Waals surface area contributed by atoms with Gasteiger partial charge in [-0.05, 0) is 43.0 Å². The average molecular weight is 463 g/mol. The van der Waals surface area contributed by atoms with E-state index in [9.17, 15) is 9.59 Å². The van der Waals surface area contributed by atoms with Gasteiger partial charge in [-0.3, -0.25) is 19.2 Å². The molecule has 0 aliphatic carbocycles. The molecule has 6 nitrogen and oxygen atoms in total. The van der Waals surface area contributed by atoms with Gasteiger partial charge in [0.1, 0.15) is 11.2 Å². The highest BCUT2D eigenvalue weighted by Crippen LogP contribution is 2.35. The molecule has 1 aliphatic heterocycles. The van der Waals surface area contributed by atoms with Gasteiger partial charge in [0.25, 0.3) is 5.91 Å². The second kappa shape index (κ2) is 8.71. The van der Waals surface area contributed by atoms with Crippen LogP contribution in [0.1, 0.15) is 49.4 Å². The third-order valence-corrected chi connectivity index (χ3v) is 6.74. The van der Waals surface area contributed by atoms with Gasteiger partial charge >= 0.3 is 0 Å². The molecule has 4 rings (SSSR count). The molecule has 0 saturated heterocycles. The van der Waals surface area contributed by atoms with Crippen molar-refractivity contribution >= 4 is 29.3 Å². The number of amides is 2. The average Bonchev–Trinajstić information content (AvgIpc) is 3.23. The normalized spacial score (nSPS) is 18.2. The zero-order valence-electron chi connectivity index (χ0n) is 19.8. The molecule has 0 spiro atoms. The van der Waals surface area contributed by atoms with Crippen LogP contribution in [0.4, 0.5) is 5.69 Å². The first-order valence-corrected chi connectivity index (χ1v) is 12.2. The highest BCUT2D eigenvalue weighted by Gasteiger charge is 2.49. The van der Waals surface area contributed by atoms with E-state index in [2.05, 4.69) is 26.1 Å². The summed E-state index contributed by atoms with van der Waals surface area (Å²) in [6, 6.07) is 19.4. The van der Waals surface area contributed by atoms with Gasteiger partial charge in [0.15, 0.2) is 0 Å². The smallest absolute Gasteiger partial charge is 0.277 e. The van der Waals surface area contributed by atoms with Gasteiger partial charge in [-0.15, -0.1) is 11.8 Å². The standard InChI is InChI=1S/C26H30N4O2S/c1-25(2,3)22-15-21-23(31)30(19-12-9-13-20(14-19)33-5)26(4,17-29(21)28-22)24(32)27-16-18-10-7-6-8-11-18/h6-15H,16-17H2,1-5H3,(H,27,32). The number of rotatable bonds is 5. The highest BCUT2D eigenvalue weighted by atomic mass is 32.2. The van der Waals surface area contributed by atoms with E-state index in [1.54, 1.807) is 21.3 Å². The fourth-order valence-electron chi connectivity index (χ4n) is 4.07. The third-order valence-electron chi connectivity index (χ3n) is 6.02. The molecule has 1 aliphatic rings. The van der Waals surface area contributed by atoms with E-state index in [1.807, 2.05) is 73.8 Å². The molecule has 0 bridgehead atoms. The first-order valence-electron chi connectivity index (χ1n) is 11.0. The summed E-state index contributed by atoms with van der Waals surface area (Å²) in [5.74, 6) is -0.437. The van der Waals surface area contributed by atoms with Crippen molar-refractivity contribution in [2.24, 2.45) is 0 Å². The lowest BCUT2D eigenvalue weighted by Gasteiger charge is -2.43. The predicted octanol–water partition coefficient (Wildman–Crippen LogP) is 4.64. The van der Waals surface area contributed by atoms with Crippen LogP contribution in [-0.4, -0.2) is 33.4 Å². The molecule has 0 fully saturated rings. The zero-order chi connectivity index (χ0) is 23.8. The Balaban J connectivity index is 1.76. The summed E-state index contributed by atoms with van der Waals surface area (Å²) in [4.78, 5) is 30.1. The SMILES string of the molecule is CSc1cccc(N2C(=O)c3cc(C(C)(C)C)nn3CC2(C)C(=O)NCc2ccccc2)c1. The molecule has 2 aromatic carbocycles. The molecule has 33 heavy (non-hydrogen) atoms. The number of nitrogens with one attached hydrogen (secondary N) is 1. The highest BCUT2D eigenvalue weighted by molar-refractivity contribution is 7.98. The van der Waals surface area contributed by atoms with E-state index in [-0.39, 0.29) is 23.8 Å². The second-order valence-electron chi connectivity index (χ2n) is 9.61. The van der Waals surface area contributed by atoms with Crippen molar-refractivity contribution < 1.29 is 9.59 Å². The quantitative estimate of drug-likeness (QED) is 0.561. The van der Waals surface area contributed by atoms with Gasteiger partial charge in [-0.1, -0.05) is 57.2 Å². The number of anilines is 1. The summed E-state index contributed by atoms with van der Waals surface area (Å²) in [6.07, 6.45) is 1.99. The van der Waals surface area contributed by atoms with E-state index in [0.717, 1.165) is 16.2 Å². The van der Waals surface area contributed by atoms with Crippen LogP contribution in [0.5, 0.6) is 0 Å². The Morgan fingerprint density at radius 3 is 2.52 bits per heavy atom. The monoisotopic (exact) mass is 462 g/mol. The summed E-state index contributed by atoms with van der Waals surface area (Å²) in [7, 11) is 0. The molecular formula is C26H30N4O2S. The zero-order valence-corrected chi connectivity index (χ0v) is 20.6. The summed E-state index contributed by atoms with van der Waals surface area (Å²) < 4.78 is 1.69. The first kappa shape index (κ1) is 23.1. The van der Waals surface area contributed by atoms with Gasteiger partial charge in [-0.25, -0.2) is 0 Å². The van der Waals surface area contributed by atoms with E-state index in [0.29, 0.717) is 17.9 Å². The molecule has 7 heteroatoms. The summed E-state index contributed by atoms with van der Waals surface area (Å²) in [6.45, 7) is 8.68. The summed E-state index contributed by atoms with van der Waals surface area (Å²) in [5, 5.41) is 7.76. The Labute approximate surface area is 199 Å². The number of carbonyl (C=O) groups is 2. The molecule has 2 amide bonds. The molecule has 1 N–H and O–H groups in total. The number of nitrogens with zero attached hydrogens (tertiary/aromatic N) is 3. The van der Waals surface area contributed by atoms with Crippen LogP contribution < -0.4 is 10.2 Å². The molecule has 0 saturated carbocycles. The Bertz CT molecular complexity index is 1180. The van der Waals surface area contributed by atoms with E-state index in [1.165, 1.54) is 0 Å². The molecule has 1 aromatic heterocycles. The minimum absolute atomic E-state index is 0.208. The van der Waals surface area contributed by atoms with Crippen molar-refractivity contribution in [3.63, 3.8) is 0 Å². The van der Waals surface area contributed by atoms with Crippen molar-refractivity contribution in [1.29, 1.82) is 0 Å². The van der Waals surface area contributed by atoms with Gasteiger partial charge in [0, 0.05) is 22.5 Å². The van der Waals surface area contributed by atoms with Crippen molar-refractivity contribution in [2.45, 2.75) is 56.6 Å². The number of aromatic nitrogens is 2. The maximum absolute atomic E-state index is 13.8. The lowest BCUT2D eigenvalue weighted by atomic mass is 9.91. The van der Waals surface area contributed by atoms with E-state index < -0.39 is 5.54 Å². The van der Waals surface area contributed by atoms with Gasteiger partial charge in [-0.2, -0.15) is 5.10 Å². The lowest BCUT2D eigenvalue weighted by Crippen LogP contribution is -2.64. The maximum atomic E-state index is 13.8. The Morgan fingerprint density at radius 1 is 1.12 bits per heavy atom. The van der Waals surface area contributed by atoms with Crippen LogP contribution in [0, 0.1) is 0 Å². The molecule has 1 atom stereocenters. The topological polar surface area (TPSA) is 67.2 Å². The van der Waals surface area contributed by atoms with Crippen LogP contribution in [0.2, 0.25) is 0 Å². The molecule has 2 heterocycles. The number of benzene rings is 2. The van der Waals surface area contributed by atoms with Crippen LogP contribution in [0.3, 0.4) is 0 Å². The minimum atomic E-state index is -1.14. The third kappa shape index (κ3) is 4.42. The number of hydrogen-bond donors (Lipinski definition) is 1. The molecule has 3 aromatic rings. The van der Waals surface area contributed by atoms with Crippen molar-refractivity contribution in [1.82, 2.24) is 15.1 Å². The van der Waals surface area contributed by atoms with Crippen molar-refractivity contribution in [3.05, 3.63) is 77.6 Å². The molecule has 0 radical (unpaired) electrons. The molecular weight excluding hydrogens is 432 g/mol. The number of carbonyl (C=O) groups excluding carboxylic acids is 2. The second-order valence-corrected chi connectivity index (χ2v) is 10.5. The fraction of sp³-hybridized carbons (Fsp3) is 0.346. The Kier molecular flexibility index (Phi) is 6.10. The molecule has 1 unspecified atom stereocenters. The number of fused-ring (bicyclic) bond motifs is 1. The van der Waals surface area contributed by atoms with Crippen molar-refractivity contribution in [3.8, 4) is 0 Å². The lowest BCUT2D eigenvalue weighted by molar-refractivity contribution is -0.126. The minimum Gasteiger partial charge on any atom is -0.350 e. The van der Waals surface area contributed by atoms with Crippen LogP contribution >= 0.6 is 11.8 Å². The summed E-state index contributed by atoms with van der Waals surface area (Å²) >= 11 is 1.60.